The largest absolute Gasteiger partial charge is 0.478 e. The van der Waals surface area contributed by atoms with E-state index in [1.165, 1.54) is 12.1 Å². The van der Waals surface area contributed by atoms with E-state index in [9.17, 15) is 9.18 Å². The fourth-order valence-electron chi connectivity index (χ4n) is 1.55. The van der Waals surface area contributed by atoms with E-state index in [4.69, 9.17) is 4.74 Å². The molecule has 0 saturated carbocycles. The number of halogens is 1. The summed E-state index contributed by atoms with van der Waals surface area (Å²) in [6, 6.07) is 5.98. The SMILES string of the molecule is CC[C@@H](Oc1ccccc1F)C(=O)Nc1nc(C)ns1. The average Bonchev–Trinajstić information content (AvgIpc) is 2.83. The molecule has 0 radical (unpaired) electrons. The lowest BCUT2D eigenvalue weighted by Gasteiger charge is -2.16. The lowest BCUT2D eigenvalue weighted by atomic mass is 10.2. The second-order valence-corrected chi connectivity index (χ2v) is 4.83. The van der Waals surface area contributed by atoms with Crippen molar-refractivity contribution in [3.63, 3.8) is 0 Å². The summed E-state index contributed by atoms with van der Waals surface area (Å²) in [6.45, 7) is 3.52. The van der Waals surface area contributed by atoms with Gasteiger partial charge in [-0.05, 0) is 25.5 Å². The summed E-state index contributed by atoms with van der Waals surface area (Å²) < 4.78 is 22.9. The monoisotopic (exact) mass is 295 g/mol. The van der Waals surface area contributed by atoms with Gasteiger partial charge in [0.05, 0.1) is 0 Å². The van der Waals surface area contributed by atoms with Crippen LogP contribution in [0.5, 0.6) is 5.75 Å². The molecular weight excluding hydrogens is 281 g/mol. The molecule has 1 heterocycles. The summed E-state index contributed by atoms with van der Waals surface area (Å²) in [5, 5.41) is 3.02. The lowest BCUT2D eigenvalue weighted by Crippen LogP contribution is -2.32. The van der Waals surface area contributed by atoms with Crippen LogP contribution in [0.4, 0.5) is 9.52 Å². The fraction of sp³-hybridized carbons (Fsp3) is 0.308. The van der Waals surface area contributed by atoms with Gasteiger partial charge in [0.2, 0.25) is 5.13 Å². The van der Waals surface area contributed by atoms with Gasteiger partial charge < -0.3 is 4.74 Å². The van der Waals surface area contributed by atoms with E-state index >= 15 is 0 Å². The molecule has 20 heavy (non-hydrogen) atoms. The first-order chi connectivity index (χ1) is 9.60. The van der Waals surface area contributed by atoms with E-state index in [0.717, 1.165) is 11.5 Å². The predicted molar refractivity (Wildman–Crippen MR) is 74.4 cm³/mol. The van der Waals surface area contributed by atoms with Crippen molar-refractivity contribution in [1.29, 1.82) is 0 Å². The summed E-state index contributed by atoms with van der Waals surface area (Å²) in [6.07, 6.45) is -0.367. The summed E-state index contributed by atoms with van der Waals surface area (Å²) in [5.74, 6) is -0.214. The normalized spacial score (nSPS) is 11.9. The quantitative estimate of drug-likeness (QED) is 0.921. The molecule has 106 valence electrons. The Labute approximate surface area is 120 Å². The van der Waals surface area contributed by atoms with Gasteiger partial charge in [0, 0.05) is 11.5 Å². The molecule has 7 heteroatoms. The topological polar surface area (TPSA) is 64.1 Å². The molecule has 2 aromatic rings. The highest BCUT2D eigenvalue weighted by Gasteiger charge is 2.21. The maximum absolute atomic E-state index is 13.5. The zero-order valence-corrected chi connectivity index (χ0v) is 11.9. The third-order valence-electron chi connectivity index (χ3n) is 2.53. The molecule has 5 nitrogen and oxygen atoms in total. The minimum Gasteiger partial charge on any atom is -0.478 e. The van der Waals surface area contributed by atoms with E-state index < -0.39 is 11.9 Å². The molecule has 1 amide bonds. The number of nitrogens with one attached hydrogen (secondary N) is 1. The smallest absolute Gasteiger partial charge is 0.267 e. The second-order valence-electron chi connectivity index (χ2n) is 4.08. The van der Waals surface area contributed by atoms with Crippen LogP contribution in [-0.2, 0) is 4.79 Å². The zero-order valence-electron chi connectivity index (χ0n) is 11.1. The number of nitrogens with zero attached hydrogens (tertiary/aromatic N) is 2. The summed E-state index contributed by atoms with van der Waals surface area (Å²) in [7, 11) is 0. The van der Waals surface area contributed by atoms with Crippen molar-refractivity contribution in [2.45, 2.75) is 26.4 Å². The molecule has 0 bridgehead atoms. The number of carbonyl (C=O) groups excluding carboxylic acids is 1. The van der Waals surface area contributed by atoms with Crippen LogP contribution < -0.4 is 10.1 Å². The van der Waals surface area contributed by atoms with Crippen molar-refractivity contribution in [1.82, 2.24) is 9.36 Å². The maximum Gasteiger partial charge on any atom is 0.267 e. The van der Waals surface area contributed by atoms with Crippen LogP contribution in [-0.4, -0.2) is 21.4 Å². The third-order valence-corrected chi connectivity index (χ3v) is 3.25. The van der Waals surface area contributed by atoms with E-state index in [1.54, 1.807) is 26.0 Å². The molecule has 0 unspecified atom stereocenters. The molecule has 1 aromatic heterocycles. The highest BCUT2D eigenvalue weighted by molar-refractivity contribution is 7.09. The van der Waals surface area contributed by atoms with Gasteiger partial charge in [-0.3, -0.25) is 10.1 Å². The van der Waals surface area contributed by atoms with Crippen LogP contribution in [0, 0.1) is 12.7 Å². The zero-order chi connectivity index (χ0) is 14.5. The lowest BCUT2D eigenvalue weighted by molar-refractivity contribution is -0.122. The van der Waals surface area contributed by atoms with Crippen molar-refractivity contribution in [2.24, 2.45) is 0 Å². The Balaban J connectivity index is 2.04. The first-order valence-electron chi connectivity index (χ1n) is 6.12. The van der Waals surface area contributed by atoms with Gasteiger partial charge in [0.1, 0.15) is 5.82 Å². The Morgan fingerprint density at radius 2 is 2.25 bits per heavy atom. The molecule has 0 aliphatic heterocycles. The molecular formula is C13H14FN3O2S. The number of ether oxygens (including phenoxy) is 1. The fourth-order valence-corrected chi connectivity index (χ4v) is 2.13. The number of aryl methyl sites for hydroxylation is 1. The van der Waals surface area contributed by atoms with E-state index in [0.29, 0.717) is 17.4 Å². The van der Waals surface area contributed by atoms with Crippen LogP contribution in [0.3, 0.4) is 0 Å². The Morgan fingerprint density at radius 1 is 1.50 bits per heavy atom. The van der Waals surface area contributed by atoms with Crippen LogP contribution in [0.15, 0.2) is 24.3 Å². The van der Waals surface area contributed by atoms with Gasteiger partial charge in [-0.1, -0.05) is 19.1 Å². The van der Waals surface area contributed by atoms with Gasteiger partial charge in [-0.15, -0.1) is 0 Å². The second kappa shape index (κ2) is 6.42. The highest BCUT2D eigenvalue weighted by Crippen LogP contribution is 2.19. The number of para-hydroxylation sites is 1. The Morgan fingerprint density at radius 3 is 2.85 bits per heavy atom. The van der Waals surface area contributed by atoms with Gasteiger partial charge in [0.15, 0.2) is 17.7 Å². The van der Waals surface area contributed by atoms with Crippen molar-refractivity contribution >= 4 is 22.6 Å². The minimum absolute atomic E-state index is 0.0583. The molecule has 0 saturated heterocycles. The van der Waals surface area contributed by atoms with Gasteiger partial charge >= 0.3 is 0 Å². The number of hydrogen-bond acceptors (Lipinski definition) is 5. The number of rotatable bonds is 5. The van der Waals surface area contributed by atoms with Crippen LogP contribution in [0.25, 0.3) is 0 Å². The van der Waals surface area contributed by atoms with Gasteiger partial charge in [-0.2, -0.15) is 4.37 Å². The van der Waals surface area contributed by atoms with Crippen molar-refractivity contribution < 1.29 is 13.9 Å². The van der Waals surface area contributed by atoms with Gasteiger partial charge in [0.25, 0.3) is 5.91 Å². The Kier molecular flexibility index (Phi) is 4.62. The number of benzene rings is 1. The number of carbonyl (C=O) groups is 1. The minimum atomic E-state index is -0.781. The molecule has 0 spiro atoms. The van der Waals surface area contributed by atoms with Crippen LogP contribution in [0.2, 0.25) is 0 Å². The van der Waals surface area contributed by atoms with Gasteiger partial charge in [-0.25, -0.2) is 9.37 Å². The van der Waals surface area contributed by atoms with Crippen molar-refractivity contribution in [3.8, 4) is 5.75 Å². The first-order valence-corrected chi connectivity index (χ1v) is 6.90. The number of anilines is 1. The number of amides is 1. The molecule has 2 rings (SSSR count). The molecule has 1 atom stereocenters. The predicted octanol–water partition coefficient (Wildman–Crippen LogP) is 2.78. The van der Waals surface area contributed by atoms with E-state index in [1.807, 2.05) is 0 Å². The Hall–Kier alpha value is -2.02. The molecule has 0 aliphatic rings. The third kappa shape index (κ3) is 3.51. The van der Waals surface area contributed by atoms with E-state index in [2.05, 4.69) is 14.7 Å². The molecule has 0 fully saturated rings. The summed E-state index contributed by atoms with van der Waals surface area (Å²) in [4.78, 5) is 16.1. The molecule has 1 aromatic carbocycles. The number of aromatic nitrogens is 2. The Bertz CT molecular complexity index is 603. The average molecular weight is 295 g/mol. The summed E-state index contributed by atoms with van der Waals surface area (Å²) >= 11 is 1.09. The van der Waals surface area contributed by atoms with Crippen LogP contribution >= 0.6 is 11.5 Å². The van der Waals surface area contributed by atoms with Crippen LogP contribution in [0.1, 0.15) is 19.2 Å². The van der Waals surface area contributed by atoms with Crippen molar-refractivity contribution in [2.75, 3.05) is 5.32 Å². The first kappa shape index (κ1) is 14.4. The summed E-state index contributed by atoms with van der Waals surface area (Å²) in [5.41, 5.74) is 0. The molecule has 1 N–H and O–H groups in total. The van der Waals surface area contributed by atoms with E-state index in [-0.39, 0.29) is 11.7 Å². The molecule has 0 aliphatic carbocycles. The standard InChI is InChI=1S/C13H14FN3O2S/c1-3-10(19-11-7-5-4-6-9(11)14)12(18)16-13-15-8(2)17-20-13/h4-7,10H,3H2,1-2H3,(H,15,16,17,18)/t10-/m1/s1. The van der Waals surface area contributed by atoms with Crippen molar-refractivity contribution in [3.05, 3.63) is 35.9 Å². The number of hydrogen-bond donors (Lipinski definition) is 1. The maximum atomic E-state index is 13.5. The highest BCUT2D eigenvalue weighted by atomic mass is 32.1.